The monoisotopic (exact) mass is 330 g/mol. The maximum absolute atomic E-state index is 12.6. The SMILES string of the molecule is C/C=C(\C)[C@](C/C(C)=C\C(C)C)(C(N)=O)c1ccc(OC)nc1C. The maximum atomic E-state index is 12.6. The Morgan fingerprint density at radius 1 is 1.38 bits per heavy atom. The molecule has 0 aliphatic rings. The molecule has 4 nitrogen and oxygen atoms in total. The van der Waals surface area contributed by atoms with E-state index in [0.29, 0.717) is 18.2 Å². The maximum Gasteiger partial charge on any atom is 0.232 e. The number of allylic oxidation sites excluding steroid dienone is 3. The van der Waals surface area contributed by atoms with Crippen molar-refractivity contribution < 1.29 is 9.53 Å². The van der Waals surface area contributed by atoms with Crippen LogP contribution in [0.1, 0.15) is 52.3 Å². The molecule has 1 aromatic rings. The Hall–Kier alpha value is -2.10. The Labute approximate surface area is 145 Å². The van der Waals surface area contributed by atoms with Gasteiger partial charge >= 0.3 is 0 Å². The summed E-state index contributed by atoms with van der Waals surface area (Å²) in [6.07, 6.45) is 4.68. The van der Waals surface area contributed by atoms with Gasteiger partial charge in [-0.05, 0) is 45.6 Å². The molecular formula is C20H30N2O2. The molecule has 0 saturated carbocycles. The van der Waals surface area contributed by atoms with Crippen molar-refractivity contribution in [1.29, 1.82) is 0 Å². The van der Waals surface area contributed by atoms with E-state index < -0.39 is 5.41 Å². The Kier molecular flexibility index (Phi) is 6.76. The van der Waals surface area contributed by atoms with E-state index in [2.05, 4.69) is 24.9 Å². The molecule has 0 fully saturated rings. The Bertz CT molecular complexity index is 660. The number of carbonyl (C=O) groups excluding carboxylic acids is 1. The summed E-state index contributed by atoms with van der Waals surface area (Å²) >= 11 is 0. The molecule has 0 radical (unpaired) electrons. The molecule has 0 aromatic carbocycles. The van der Waals surface area contributed by atoms with E-state index in [9.17, 15) is 4.79 Å². The zero-order valence-corrected chi connectivity index (χ0v) is 15.9. The molecule has 0 aliphatic carbocycles. The summed E-state index contributed by atoms with van der Waals surface area (Å²) in [5.41, 5.74) is 8.70. The molecule has 1 atom stereocenters. The van der Waals surface area contributed by atoms with Crippen molar-refractivity contribution in [3.63, 3.8) is 0 Å². The van der Waals surface area contributed by atoms with Crippen LogP contribution in [0.15, 0.2) is 35.4 Å². The van der Waals surface area contributed by atoms with Crippen molar-refractivity contribution in [2.75, 3.05) is 7.11 Å². The van der Waals surface area contributed by atoms with Gasteiger partial charge in [0.15, 0.2) is 0 Å². The first-order valence-electron chi connectivity index (χ1n) is 8.31. The molecule has 0 saturated heterocycles. The van der Waals surface area contributed by atoms with E-state index in [4.69, 9.17) is 10.5 Å². The first-order chi connectivity index (χ1) is 11.2. The molecule has 0 unspecified atom stereocenters. The van der Waals surface area contributed by atoms with E-state index in [1.165, 1.54) is 0 Å². The van der Waals surface area contributed by atoms with Crippen molar-refractivity contribution >= 4 is 5.91 Å². The lowest BCUT2D eigenvalue weighted by Gasteiger charge is -2.34. The highest BCUT2D eigenvalue weighted by molar-refractivity contribution is 5.91. The molecule has 1 aromatic heterocycles. The summed E-state index contributed by atoms with van der Waals surface area (Å²) in [7, 11) is 1.58. The van der Waals surface area contributed by atoms with Crippen molar-refractivity contribution in [2.24, 2.45) is 11.7 Å². The van der Waals surface area contributed by atoms with Gasteiger partial charge in [0.2, 0.25) is 11.8 Å². The Balaban J connectivity index is 3.62. The van der Waals surface area contributed by atoms with Gasteiger partial charge in [-0.25, -0.2) is 4.98 Å². The second kappa shape index (κ2) is 8.13. The van der Waals surface area contributed by atoms with Crippen molar-refractivity contribution in [1.82, 2.24) is 4.98 Å². The molecule has 0 bridgehead atoms. The second-order valence-electron chi connectivity index (χ2n) is 6.66. The first-order valence-corrected chi connectivity index (χ1v) is 8.31. The number of pyridine rings is 1. The third-order valence-corrected chi connectivity index (χ3v) is 4.42. The van der Waals surface area contributed by atoms with Crippen LogP contribution in [0.4, 0.5) is 0 Å². The number of aromatic nitrogens is 1. The lowest BCUT2D eigenvalue weighted by molar-refractivity contribution is -0.122. The fraction of sp³-hybridized carbons (Fsp3) is 0.500. The van der Waals surface area contributed by atoms with Gasteiger partial charge in [0.25, 0.3) is 0 Å². The number of aryl methyl sites for hydroxylation is 1. The lowest BCUT2D eigenvalue weighted by Crippen LogP contribution is -2.43. The number of methoxy groups -OCH3 is 1. The number of hydrogen-bond donors (Lipinski definition) is 1. The van der Waals surface area contributed by atoms with E-state index in [0.717, 1.165) is 22.4 Å². The molecule has 0 spiro atoms. The van der Waals surface area contributed by atoms with Gasteiger partial charge < -0.3 is 10.5 Å². The average molecular weight is 330 g/mol. The predicted molar refractivity (Wildman–Crippen MR) is 99.0 cm³/mol. The predicted octanol–water partition coefficient (Wildman–Crippen LogP) is 4.08. The van der Waals surface area contributed by atoms with Gasteiger partial charge in [-0.3, -0.25) is 4.79 Å². The van der Waals surface area contributed by atoms with E-state index in [1.54, 1.807) is 13.2 Å². The largest absolute Gasteiger partial charge is 0.481 e. The van der Waals surface area contributed by atoms with Gasteiger partial charge in [0, 0.05) is 11.8 Å². The highest BCUT2D eigenvalue weighted by atomic mass is 16.5. The third kappa shape index (κ3) is 4.05. The summed E-state index contributed by atoms with van der Waals surface area (Å²) in [4.78, 5) is 17.1. The molecule has 4 heteroatoms. The minimum atomic E-state index is -0.895. The van der Waals surface area contributed by atoms with E-state index in [-0.39, 0.29) is 5.91 Å². The van der Waals surface area contributed by atoms with Crippen LogP contribution in [0.3, 0.4) is 0 Å². The van der Waals surface area contributed by atoms with Crippen molar-refractivity contribution in [2.45, 2.75) is 53.4 Å². The van der Waals surface area contributed by atoms with Crippen LogP contribution in [-0.2, 0) is 10.2 Å². The summed E-state index contributed by atoms with van der Waals surface area (Å²) in [6, 6.07) is 3.69. The molecule has 1 heterocycles. The van der Waals surface area contributed by atoms with E-state index >= 15 is 0 Å². The van der Waals surface area contributed by atoms with Crippen LogP contribution in [-0.4, -0.2) is 18.0 Å². The van der Waals surface area contributed by atoms with Gasteiger partial charge in [-0.1, -0.05) is 43.2 Å². The van der Waals surface area contributed by atoms with Crippen LogP contribution in [0.5, 0.6) is 5.88 Å². The molecule has 0 aliphatic heterocycles. The number of rotatable bonds is 7. The van der Waals surface area contributed by atoms with Crippen LogP contribution < -0.4 is 10.5 Å². The number of nitrogens with zero attached hydrogens (tertiary/aromatic N) is 1. The summed E-state index contributed by atoms with van der Waals surface area (Å²) < 4.78 is 5.19. The van der Waals surface area contributed by atoms with Crippen molar-refractivity contribution in [3.05, 3.63) is 46.7 Å². The average Bonchev–Trinajstić information content (AvgIpc) is 2.50. The fourth-order valence-corrected chi connectivity index (χ4v) is 3.26. The molecular weight excluding hydrogens is 300 g/mol. The smallest absolute Gasteiger partial charge is 0.232 e. The molecule has 1 amide bonds. The molecule has 2 N–H and O–H groups in total. The zero-order valence-electron chi connectivity index (χ0n) is 15.9. The van der Waals surface area contributed by atoms with E-state index in [1.807, 2.05) is 39.8 Å². The summed E-state index contributed by atoms with van der Waals surface area (Å²) in [5.74, 6) is 0.587. The third-order valence-electron chi connectivity index (χ3n) is 4.42. The topological polar surface area (TPSA) is 65.2 Å². The highest BCUT2D eigenvalue weighted by Gasteiger charge is 2.41. The summed E-state index contributed by atoms with van der Waals surface area (Å²) in [5, 5.41) is 0. The molecule has 24 heavy (non-hydrogen) atoms. The van der Waals surface area contributed by atoms with Gasteiger partial charge in [0.05, 0.1) is 12.5 Å². The van der Waals surface area contributed by atoms with Gasteiger partial charge in [-0.2, -0.15) is 0 Å². The fourth-order valence-electron chi connectivity index (χ4n) is 3.26. The van der Waals surface area contributed by atoms with Crippen LogP contribution >= 0.6 is 0 Å². The van der Waals surface area contributed by atoms with Crippen LogP contribution in [0, 0.1) is 12.8 Å². The second-order valence-corrected chi connectivity index (χ2v) is 6.66. The number of carbonyl (C=O) groups is 1. The van der Waals surface area contributed by atoms with Gasteiger partial charge in [-0.15, -0.1) is 0 Å². The Morgan fingerprint density at radius 2 is 2.00 bits per heavy atom. The number of amides is 1. The number of ether oxygens (including phenoxy) is 1. The molecule has 132 valence electrons. The van der Waals surface area contributed by atoms with Crippen LogP contribution in [0.25, 0.3) is 0 Å². The zero-order chi connectivity index (χ0) is 18.5. The number of nitrogens with two attached hydrogens (primary N) is 1. The van der Waals surface area contributed by atoms with Crippen LogP contribution in [0.2, 0.25) is 0 Å². The highest BCUT2D eigenvalue weighted by Crippen LogP contribution is 2.40. The first kappa shape index (κ1) is 19.9. The molecule has 1 rings (SSSR count). The summed E-state index contributed by atoms with van der Waals surface area (Å²) in [6.45, 7) is 12.1. The normalized spacial score (nSPS) is 15.3. The standard InChI is InChI=1S/C20H30N2O2/c1-8-15(5)20(19(21)23,12-14(4)11-13(2)3)17-9-10-18(24-7)22-16(17)6/h8-11,13H,12H2,1-7H3,(H2,21,23)/b14-11-,15-8+/t20-/m0/s1. The lowest BCUT2D eigenvalue weighted by atomic mass is 9.69. The Morgan fingerprint density at radius 3 is 2.42 bits per heavy atom. The number of hydrogen-bond acceptors (Lipinski definition) is 3. The minimum Gasteiger partial charge on any atom is -0.481 e. The number of primary amides is 1. The quantitative estimate of drug-likeness (QED) is 0.766. The van der Waals surface area contributed by atoms with Gasteiger partial charge in [0.1, 0.15) is 0 Å². The minimum absolute atomic E-state index is 0.357. The van der Waals surface area contributed by atoms with Crippen molar-refractivity contribution in [3.8, 4) is 5.88 Å².